The van der Waals surface area contributed by atoms with E-state index in [9.17, 15) is 4.79 Å². The van der Waals surface area contributed by atoms with E-state index in [4.69, 9.17) is 5.73 Å². The molecule has 1 saturated heterocycles. The van der Waals surface area contributed by atoms with Crippen molar-refractivity contribution in [3.63, 3.8) is 0 Å². The van der Waals surface area contributed by atoms with Gasteiger partial charge in [-0.2, -0.15) is 0 Å². The molecule has 0 radical (unpaired) electrons. The number of unbranched alkanes of at least 4 members (excludes halogenated alkanes) is 1. The number of likely N-dealkylation sites (tertiary alicyclic amines) is 1. The SMILES string of the molecule is C=C(Br)/C=C/N=N/N=C(\N)C1CCCCN1C(=O)CCCC. The highest BCUT2D eigenvalue weighted by atomic mass is 79.9. The van der Waals surface area contributed by atoms with E-state index in [0.717, 1.165) is 38.6 Å². The molecule has 122 valence electrons. The van der Waals surface area contributed by atoms with Crippen LogP contribution in [0.15, 0.2) is 38.8 Å². The zero-order valence-electron chi connectivity index (χ0n) is 13.0. The Morgan fingerprint density at radius 1 is 1.50 bits per heavy atom. The largest absolute Gasteiger partial charge is 0.384 e. The van der Waals surface area contributed by atoms with Gasteiger partial charge in [-0.3, -0.25) is 4.79 Å². The maximum atomic E-state index is 12.3. The Morgan fingerprint density at radius 3 is 2.95 bits per heavy atom. The Balaban J connectivity index is 2.68. The smallest absolute Gasteiger partial charge is 0.223 e. The first-order chi connectivity index (χ1) is 10.6. The van der Waals surface area contributed by atoms with E-state index in [2.05, 4.69) is 44.9 Å². The van der Waals surface area contributed by atoms with Crippen LogP contribution in [0.3, 0.4) is 0 Å². The minimum Gasteiger partial charge on any atom is -0.384 e. The van der Waals surface area contributed by atoms with Crippen LogP contribution >= 0.6 is 15.9 Å². The Morgan fingerprint density at radius 2 is 2.27 bits per heavy atom. The maximum Gasteiger partial charge on any atom is 0.223 e. The molecule has 7 heteroatoms. The molecule has 0 saturated carbocycles. The third-order valence-corrected chi connectivity index (χ3v) is 3.71. The van der Waals surface area contributed by atoms with Gasteiger partial charge in [0.15, 0.2) is 0 Å². The average molecular weight is 370 g/mol. The number of halogens is 1. The van der Waals surface area contributed by atoms with Crippen molar-refractivity contribution in [2.24, 2.45) is 21.2 Å². The molecule has 1 atom stereocenters. The number of hydrogen-bond acceptors (Lipinski definition) is 3. The van der Waals surface area contributed by atoms with Gasteiger partial charge in [-0.25, -0.2) is 0 Å². The van der Waals surface area contributed by atoms with Crippen molar-refractivity contribution >= 4 is 27.7 Å². The number of allylic oxidation sites excluding steroid dienone is 2. The summed E-state index contributed by atoms with van der Waals surface area (Å²) in [5.74, 6) is 0.497. The van der Waals surface area contributed by atoms with Crippen molar-refractivity contribution in [1.82, 2.24) is 4.90 Å². The molecular formula is C15H24BrN5O. The molecule has 1 amide bonds. The zero-order valence-corrected chi connectivity index (χ0v) is 14.6. The van der Waals surface area contributed by atoms with E-state index < -0.39 is 0 Å². The topological polar surface area (TPSA) is 83.4 Å². The first-order valence-electron chi connectivity index (χ1n) is 7.59. The van der Waals surface area contributed by atoms with Gasteiger partial charge in [0.1, 0.15) is 5.84 Å². The molecule has 1 unspecified atom stereocenters. The zero-order chi connectivity index (χ0) is 16.4. The first kappa shape index (κ1) is 18.5. The second kappa shape index (κ2) is 10.3. The van der Waals surface area contributed by atoms with Crippen molar-refractivity contribution in [3.8, 4) is 0 Å². The standard InChI is InChI=1S/C15H24BrN5O/c1-3-4-8-14(22)21-11-6-5-7-13(21)15(17)19-20-18-10-9-12(2)16/h9-10,13H,2-8,11H2,1H3,(H2,17,18,19)/b10-9+. The summed E-state index contributed by atoms with van der Waals surface area (Å²) >= 11 is 3.17. The summed E-state index contributed by atoms with van der Waals surface area (Å²) in [5, 5.41) is 11.3. The average Bonchev–Trinajstić information content (AvgIpc) is 2.51. The molecule has 1 aliphatic heterocycles. The van der Waals surface area contributed by atoms with Crippen molar-refractivity contribution in [3.05, 3.63) is 23.3 Å². The lowest BCUT2D eigenvalue weighted by Gasteiger charge is -2.35. The second-order valence-corrected chi connectivity index (χ2v) is 6.21. The van der Waals surface area contributed by atoms with Gasteiger partial charge in [0, 0.05) is 17.4 Å². The number of amides is 1. The number of amidine groups is 1. The highest BCUT2D eigenvalue weighted by molar-refractivity contribution is 9.11. The molecular weight excluding hydrogens is 346 g/mol. The normalized spacial score (nSPS) is 20.0. The fourth-order valence-electron chi connectivity index (χ4n) is 2.30. The van der Waals surface area contributed by atoms with Crippen LogP contribution in [0.4, 0.5) is 0 Å². The van der Waals surface area contributed by atoms with E-state index in [-0.39, 0.29) is 11.9 Å². The van der Waals surface area contributed by atoms with Crippen LogP contribution in [-0.2, 0) is 4.79 Å². The van der Waals surface area contributed by atoms with E-state index in [1.54, 1.807) is 6.08 Å². The molecule has 22 heavy (non-hydrogen) atoms. The third-order valence-electron chi connectivity index (χ3n) is 3.44. The summed E-state index contributed by atoms with van der Waals surface area (Å²) in [6, 6.07) is -0.160. The van der Waals surface area contributed by atoms with Crippen LogP contribution in [0.5, 0.6) is 0 Å². The summed E-state index contributed by atoms with van der Waals surface area (Å²) in [4.78, 5) is 14.1. The number of nitrogens with zero attached hydrogens (tertiary/aromatic N) is 4. The number of rotatable bonds is 7. The lowest BCUT2D eigenvalue weighted by atomic mass is 10.0. The summed E-state index contributed by atoms with van der Waals surface area (Å²) < 4.78 is 0.698. The molecule has 0 aliphatic carbocycles. The second-order valence-electron chi connectivity index (χ2n) is 5.19. The lowest BCUT2D eigenvalue weighted by molar-refractivity contribution is -0.133. The van der Waals surface area contributed by atoms with Crippen molar-refractivity contribution < 1.29 is 4.79 Å². The van der Waals surface area contributed by atoms with E-state index >= 15 is 0 Å². The monoisotopic (exact) mass is 369 g/mol. The predicted molar refractivity (Wildman–Crippen MR) is 92.6 cm³/mol. The molecule has 1 aliphatic rings. The Bertz CT molecular complexity index is 473. The molecule has 0 aromatic carbocycles. The van der Waals surface area contributed by atoms with Crippen LogP contribution in [0.2, 0.25) is 0 Å². The van der Waals surface area contributed by atoms with Gasteiger partial charge in [-0.05, 0) is 37.0 Å². The third kappa shape index (κ3) is 6.51. The lowest BCUT2D eigenvalue weighted by Crippen LogP contribution is -2.50. The van der Waals surface area contributed by atoms with Crippen molar-refractivity contribution in [2.45, 2.75) is 51.5 Å². The van der Waals surface area contributed by atoms with Crippen LogP contribution in [0, 0.1) is 0 Å². The molecule has 1 heterocycles. The van der Waals surface area contributed by atoms with Gasteiger partial charge in [0.05, 0.1) is 12.2 Å². The van der Waals surface area contributed by atoms with Crippen LogP contribution < -0.4 is 5.73 Å². The minimum atomic E-state index is -0.160. The Hall–Kier alpha value is -1.50. The molecule has 2 N–H and O–H groups in total. The van der Waals surface area contributed by atoms with Gasteiger partial charge >= 0.3 is 0 Å². The van der Waals surface area contributed by atoms with Gasteiger partial charge < -0.3 is 10.6 Å². The van der Waals surface area contributed by atoms with Crippen LogP contribution in [0.1, 0.15) is 45.4 Å². The van der Waals surface area contributed by atoms with Gasteiger partial charge in [0.2, 0.25) is 5.91 Å². The molecule has 0 aromatic rings. The number of piperidine rings is 1. The van der Waals surface area contributed by atoms with Gasteiger partial charge in [0.25, 0.3) is 0 Å². The maximum absolute atomic E-state index is 12.3. The summed E-state index contributed by atoms with van der Waals surface area (Å²) in [6.07, 6.45) is 8.48. The van der Waals surface area contributed by atoms with E-state index in [0.29, 0.717) is 16.7 Å². The van der Waals surface area contributed by atoms with Crippen LogP contribution in [0.25, 0.3) is 0 Å². The minimum absolute atomic E-state index is 0.150. The van der Waals surface area contributed by atoms with Crippen molar-refractivity contribution in [2.75, 3.05) is 6.54 Å². The summed E-state index contributed by atoms with van der Waals surface area (Å²) in [5.41, 5.74) is 6.00. The highest BCUT2D eigenvalue weighted by Crippen LogP contribution is 2.19. The molecule has 1 fully saturated rings. The molecule has 0 bridgehead atoms. The van der Waals surface area contributed by atoms with E-state index in [1.165, 1.54) is 6.20 Å². The molecule has 0 spiro atoms. The van der Waals surface area contributed by atoms with E-state index in [1.807, 2.05) is 4.90 Å². The molecule has 1 rings (SSSR count). The quantitative estimate of drug-likeness (QED) is 0.244. The van der Waals surface area contributed by atoms with Gasteiger partial charge in [-0.15, -0.1) is 10.2 Å². The number of nitrogens with two attached hydrogens (primary N) is 1. The van der Waals surface area contributed by atoms with Gasteiger partial charge in [-0.1, -0.05) is 35.9 Å². The fourth-order valence-corrected chi connectivity index (χ4v) is 2.42. The Labute approximate surface area is 140 Å². The Kier molecular flexibility index (Phi) is 8.65. The molecule has 6 nitrogen and oxygen atoms in total. The first-order valence-corrected chi connectivity index (χ1v) is 8.39. The fraction of sp³-hybridized carbons (Fsp3) is 0.600. The highest BCUT2D eigenvalue weighted by Gasteiger charge is 2.29. The summed E-state index contributed by atoms with van der Waals surface area (Å²) in [6.45, 7) is 6.45. The van der Waals surface area contributed by atoms with Crippen molar-refractivity contribution in [1.29, 1.82) is 0 Å². The van der Waals surface area contributed by atoms with Crippen LogP contribution in [-0.4, -0.2) is 29.2 Å². The summed E-state index contributed by atoms with van der Waals surface area (Å²) in [7, 11) is 0. The number of hydrogen-bond donors (Lipinski definition) is 1. The predicted octanol–water partition coefficient (Wildman–Crippen LogP) is 3.70. The number of carbonyl (C=O) groups excluding carboxylic acids is 1. The molecule has 0 aromatic heterocycles. The number of carbonyl (C=O) groups is 1.